The van der Waals surface area contributed by atoms with E-state index in [0.29, 0.717) is 16.7 Å². The van der Waals surface area contributed by atoms with Crippen molar-refractivity contribution in [1.82, 2.24) is 14.8 Å². The number of hydrogen-bond acceptors (Lipinski definition) is 5. The van der Waals surface area contributed by atoms with Gasteiger partial charge in [-0.05, 0) is 53.6 Å². The molecule has 6 nitrogen and oxygen atoms in total. The van der Waals surface area contributed by atoms with Gasteiger partial charge in [0.25, 0.3) is 0 Å². The fourth-order valence-electron chi connectivity index (χ4n) is 4.46. The third kappa shape index (κ3) is 3.24. The first kappa shape index (κ1) is 19.8. The van der Waals surface area contributed by atoms with Gasteiger partial charge in [-0.25, -0.2) is 9.07 Å². The van der Waals surface area contributed by atoms with E-state index in [1.807, 2.05) is 36.4 Å². The molecule has 0 radical (unpaired) electrons. The summed E-state index contributed by atoms with van der Waals surface area (Å²) in [7, 11) is 1.63. The topological polar surface area (TPSA) is 61.2 Å². The highest BCUT2D eigenvalue weighted by atomic mass is 35.5. The van der Waals surface area contributed by atoms with Gasteiger partial charge in [-0.2, -0.15) is 10.1 Å². The quantitative estimate of drug-likeness (QED) is 0.428. The van der Waals surface area contributed by atoms with Gasteiger partial charge in [0.05, 0.1) is 12.8 Å². The number of rotatable bonds is 3. The van der Waals surface area contributed by atoms with Gasteiger partial charge in [-0.3, -0.25) is 0 Å². The first-order chi connectivity index (χ1) is 16.1. The standard InChI is InChI=1S/C25H18ClFN4O2/c1-32-18-9-4-15(5-10-18)24-21-22(19-12-16(26)6-11-20(19)33-24)30-25-28-13-29-31(25)23(21)14-2-7-17(27)8-3-14/h2-13,23-24H,1H3,(H,28,29,30)/t23-,24+/m0/s1. The summed E-state index contributed by atoms with van der Waals surface area (Å²) in [6.45, 7) is 0. The molecule has 2 aliphatic rings. The zero-order valence-electron chi connectivity index (χ0n) is 17.5. The summed E-state index contributed by atoms with van der Waals surface area (Å²) < 4.78 is 27.4. The number of halogens is 2. The number of fused-ring (bicyclic) bond motifs is 3. The second-order valence-corrected chi connectivity index (χ2v) is 8.29. The Bertz CT molecular complexity index is 1380. The van der Waals surface area contributed by atoms with Crippen LogP contribution in [0.4, 0.5) is 10.3 Å². The molecule has 8 heteroatoms. The van der Waals surface area contributed by atoms with Crippen LogP contribution in [0.15, 0.2) is 78.6 Å². The van der Waals surface area contributed by atoms with E-state index in [0.717, 1.165) is 33.7 Å². The third-order valence-electron chi connectivity index (χ3n) is 5.98. The van der Waals surface area contributed by atoms with E-state index >= 15 is 0 Å². The number of anilines is 1. The Kier molecular flexibility index (Phi) is 4.58. The fourth-order valence-corrected chi connectivity index (χ4v) is 4.63. The molecule has 4 aromatic rings. The van der Waals surface area contributed by atoms with E-state index in [1.165, 1.54) is 18.5 Å². The summed E-state index contributed by atoms with van der Waals surface area (Å²) in [6.07, 6.45) is 1.07. The Morgan fingerprint density at radius 3 is 2.55 bits per heavy atom. The van der Waals surface area contributed by atoms with Gasteiger partial charge in [0, 0.05) is 16.2 Å². The molecule has 0 aliphatic carbocycles. The summed E-state index contributed by atoms with van der Waals surface area (Å²) >= 11 is 6.35. The number of ether oxygens (including phenoxy) is 2. The zero-order valence-corrected chi connectivity index (χ0v) is 18.3. The highest BCUT2D eigenvalue weighted by Crippen LogP contribution is 2.51. The minimum Gasteiger partial charge on any atom is -0.497 e. The van der Waals surface area contributed by atoms with E-state index < -0.39 is 6.10 Å². The molecule has 0 saturated heterocycles. The molecule has 0 saturated carbocycles. The Balaban J connectivity index is 1.61. The Hall–Kier alpha value is -3.84. The summed E-state index contributed by atoms with van der Waals surface area (Å²) in [5, 5.41) is 8.49. The predicted molar refractivity (Wildman–Crippen MR) is 123 cm³/mol. The third-order valence-corrected chi connectivity index (χ3v) is 6.22. The van der Waals surface area contributed by atoms with Crippen LogP contribution >= 0.6 is 11.6 Å². The molecular formula is C25H18ClFN4O2. The first-order valence-electron chi connectivity index (χ1n) is 10.4. The van der Waals surface area contributed by atoms with Gasteiger partial charge < -0.3 is 14.8 Å². The van der Waals surface area contributed by atoms with Crippen LogP contribution in [0.25, 0.3) is 5.70 Å². The first-order valence-corrected chi connectivity index (χ1v) is 10.8. The van der Waals surface area contributed by atoms with Crippen LogP contribution in [0.5, 0.6) is 11.5 Å². The number of aromatic nitrogens is 3. The zero-order chi connectivity index (χ0) is 22.5. The molecule has 2 atom stereocenters. The summed E-state index contributed by atoms with van der Waals surface area (Å²) in [4.78, 5) is 4.40. The van der Waals surface area contributed by atoms with Crippen molar-refractivity contribution in [3.8, 4) is 11.5 Å². The van der Waals surface area contributed by atoms with Gasteiger partial charge in [-0.15, -0.1) is 0 Å². The molecule has 3 aromatic carbocycles. The lowest BCUT2D eigenvalue weighted by atomic mass is 9.84. The van der Waals surface area contributed by atoms with Crippen LogP contribution in [0.3, 0.4) is 0 Å². The largest absolute Gasteiger partial charge is 0.497 e. The van der Waals surface area contributed by atoms with Crippen LogP contribution in [-0.4, -0.2) is 21.9 Å². The second-order valence-electron chi connectivity index (χ2n) is 7.85. The molecule has 1 N–H and O–H groups in total. The molecule has 0 spiro atoms. The van der Waals surface area contributed by atoms with E-state index in [1.54, 1.807) is 30.0 Å². The minimum absolute atomic E-state index is 0.301. The maximum absolute atomic E-state index is 13.8. The molecule has 0 bridgehead atoms. The fraction of sp³-hybridized carbons (Fsp3) is 0.120. The Labute approximate surface area is 194 Å². The van der Waals surface area contributed by atoms with Crippen molar-refractivity contribution in [3.63, 3.8) is 0 Å². The number of benzene rings is 3. The lowest BCUT2D eigenvalue weighted by molar-refractivity contribution is 0.223. The SMILES string of the molecule is COc1ccc([C@H]2Oc3ccc(Cl)cc3C3=C2[C@H](c2ccc(F)cc2)n2ncnc2N3)cc1. The molecule has 1 aromatic heterocycles. The van der Waals surface area contributed by atoms with E-state index in [4.69, 9.17) is 21.1 Å². The van der Waals surface area contributed by atoms with Crippen molar-refractivity contribution in [2.45, 2.75) is 12.1 Å². The summed E-state index contributed by atoms with van der Waals surface area (Å²) in [6, 6.07) is 19.4. The smallest absolute Gasteiger partial charge is 0.226 e. The molecule has 33 heavy (non-hydrogen) atoms. The Morgan fingerprint density at radius 2 is 1.79 bits per heavy atom. The van der Waals surface area contributed by atoms with Gasteiger partial charge >= 0.3 is 0 Å². The van der Waals surface area contributed by atoms with Crippen molar-refractivity contribution >= 4 is 23.2 Å². The van der Waals surface area contributed by atoms with Crippen LogP contribution < -0.4 is 14.8 Å². The number of methoxy groups -OCH3 is 1. The predicted octanol–water partition coefficient (Wildman–Crippen LogP) is 5.64. The second kappa shape index (κ2) is 7.64. The summed E-state index contributed by atoms with van der Waals surface area (Å²) in [5.41, 5.74) is 4.43. The maximum Gasteiger partial charge on any atom is 0.226 e. The van der Waals surface area contributed by atoms with Crippen molar-refractivity contribution in [2.75, 3.05) is 12.4 Å². The molecule has 2 aliphatic heterocycles. The molecule has 0 unspecified atom stereocenters. The number of nitrogens with one attached hydrogen (secondary N) is 1. The number of hydrogen-bond donors (Lipinski definition) is 1. The van der Waals surface area contributed by atoms with Gasteiger partial charge in [0.1, 0.15) is 35.8 Å². The monoisotopic (exact) mass is 460 g/mol. The average Bonchev–Trinajstić information content (AvgIpc) is 3.31. The van der Waals surface area contributed by atoms with Gasteiger partial charge in [0.15, 0.2) is 0 Å². The van der Waals surface area contributed by atoms with Crippen molar-refractivity contribution in [2.24, 2.45) is 0 Å². The van der Waals surface area contributed by atoms with Crippen LogP contribution in [0, 0.1) is 5.82 Å². The van der Waals surface area contributed by atoms with Gasteiger partial charge in [-0.1, -0.05) is 35.9 Å². The molecule has 3 heterocycles. The minimum atomic E-state index is -0.431. The molecule has 164 valence electrons. The highest BCUT2D eigenvalue weighted by Gasteiger charge is 2.41. The lowest BCUT2D eigenvalue weighted by Crippen LogP contribution is -2.32. The lowest BCUT2D eigenvalue weighted by Gasteiger charge is -2.39. The van der Waals surface area contributed by atoms with Crippen LogP contribution in [-0.2, 0) is 0 Å². The normalized spacial score (nSPS) is 18.5. The molecular weight excluding hydrogens is 443 g/mol. The Morgan fingerprint density at radius 1 is 1.03 bits per heavy atom. The number of nitrogens with zero attached hydrogens (tertiary/aromatic N) is 3. The van der Waals surface area contributed by atoms with Crippen molar-refractivity contribution in [3.05, 3.63) is 106 Å². The van der Waals surface area contributed by atoms with Crippen LogP contribution in [0.2, 0.25) is 5.02 Å². The van der Waals surface area contributed by atoms with Gasteiger partial charge in [0.2, 0.25) is 5.95 Å². The van der Waals surface area contributed by atoms with E-state index in [-0.39, 0.29) is 11.9 Å². The summed E-state index contributed by atoms with van der Waals surface area (Å²) in [5.74, 6) is 1.75. The molecule has 0 amide bonds. The molecule has 0 fully saturated rings. The van der Waals surface area contributed by atoms with Crippen molar-refractivity contribution < 1.29 is 13.9 Å². The van der Waals surface area contributed by atoms with E-state index in [2.05, 4.69) is 15.4 Å². The maximum atomic E-state index is 13.8. The highest BCUT2D eigenvalue weighted by molar-refractivity contribution is 6.30. The molecule has 6 rings (SSSR count). The average molecular weight is 461 g/mol. The van der Waals surface area contributed by atoms with E-state index in [9.17, 15) is 4.39 Å². The van der Waals surface area contributed by atoms with Crippen LogP contribution in [0.1, 0.15) is 28.8 Å². The van der Waals surface area contributed by atoms with Crippen molar-refractivity contribution in [1.29, 1.82) is 0 Å².